The lowest BCUT2D eigenvalue weighted by molar-refractivity contribution is -0.117. The maximum Gasteiger partial charge on any atom is 0.246 e. The van der Waals surface area contributed by atoms with Gasteiger partial charge >= 0.3 is 0 Å². The Morgan fingerprint density at radius 2 is 1.89 bits per heavy atom. The van der Waals surface area contributed by atoms with Gasteiger partial charge in [0.05, 0.1) is 0 Å². The largest absolute Gasteiger partial charge is 0.324 e. The highest BCUT2D eigenvalue weighted by Crippen LogP contribution is 2.34. The average Bonchev–Trinajstić information content (AvgIpc) is 2.58. The minimum absolute atomic E-state index is 0.0431. The van der Waals surface area contributed by atoms with Crippen LogP contribution in [0.5, 0.6) is 0 Å². The highest BCUT2D eigenvalue weighted by Gasteiger charge is 2.32. The maximum absolute atomic E-state index is 12.1. The highest BCUT2D eigenvalue weighted by atomic mass is 35.5. The summed E-state index contributed by atoms with van der Waals surface area (Å²) in [6.07, 6.45) is 7.48. The summed E-state index contributed by atoms with van der Waals surface area (Å²) in [7, 11) is 0. The molecule has 1 aliphatic carbocycles. The quantitative estimate of drug-likeness (QED) is 0.811. The monoisotopic (exact) mass is 278 g/mol. The molecule has 2 aliphatic rings. The van der Waals surface area contributed by atoms with E-state index in [1.54, 1.807) is 0 Å². The number of carbonyl (C=O) groups excluding carboxylic acids is 1. The summed E-state index contributed by atoms with van der Waals surface area (Å²) in [4.78, 5) is 12.1. The summed E-state index contributed by atoms with van der Waals surface area (Å²) in [6.45, 7) is 0. The van der Waals surface area contributed by atoms with Crippen LogP contribution >= 0.6 is 11.6 Å². The summed E-state index contributed by atoms with van der Waals surface area (Å²) in [5.41, 5.74) is 1.88. The lowest BCUT2D eigenvalue weighted by atomic mass is 10.0. The van der Waals surface area contributed by atoms with E-state index in [9.17, 15) is 4.79 Å². The first kappa shape index (κ1) is 12.9. The molecule has 1 unspecified atom stereocenters. The van der Waals surface area contributed by atoms with Crippen LogP contribution < -0.4 is 10.6 Å². The Hall–Kier alpha value is -1.06. The molecule has 1 aromatic rings. The molecule has 2 N–H and O–H groups in total. The lowest BCUT2D eigenvalue weighted by Gasteiger charge is -2.20. The third kappa shape index (κ3) is 2.77. The molecule has 1 fully saturated rings. The van der Waals surface area contributed by atoms with Gasteiger partial charge in [-0.15, -0.1) is 0 Å². The van der Waals surface area contributed by atoms with Crippen LogP contribution in [0.15, 0.2) is 18.2 Å². The molecule has 1 atom stereocenters. The highest BCUT2D eigenvalue weighted by molar-refractivity contribution is 6.31. The van der Waals surface area contributed by atoms with Crippen LogP contribution in [-0.4, -0.2) is 11.9 Å². The number of rotatable bonds is 2. The molecule has 1 aromatic carbocycles. The maximum atomic E-state index is 12.1. The zero-order chi connectivity index (χ0) is 13.2. The van der Waals surface area contributed by atoms with Crippen molar-refractivity contribution in [1.29, 1.82) is 0 Å². The van der Waals surface area contributed by atoms with E-state index in [0.29, 0.717) is 11.1 Å². The first-order valence-electron chi connectivity index (χ1n) is 7.10. The minimum atomic E-state index is -0.239. The van der Waals surface area contributed by atoms with Crippen molar-refractivity contribution < 1.29 is 4.79 Å². The van der Waals surface area contributed by atoms with Gasteiger partial charge in [-0.3, -0.25) is 10.1 Å². The summed E-state index contributed by atoms with van der Waals surface area (Å²) in [5.74, 6) is 0.0431. The van der Waals surface area contributed by atoms with Crippen LogP contribution in [0.25, 0.3) is 0 Å². The van der Waals surface area contributed by atoms with Crippen molar-refractivity contribution in [2.45, 2.75) is 50.6 Å². The number of hydrogen-bond acceptors (Lipinski definition) is 2. The van der Waals surface area contributed by atoms with Gasteiger partial charge in [0, 0.05) is 22.3 Å². The third-order valence-corrected chi connectivity index (χ3v) is 4.34. The number of amides is 1. The van der Waals surface area contributed by atoms with Crippen LogP contribution in [0.1, 0.15) is 50.1 Å². The fourth-order valence-corrected chi connectivity index (χ4v) is 3.26. The number of anilines is 1. The van der Waals surface area contributed by atoms with Crippen molar-refractivity contribution in [2.24, 2.45) is 0 Å². The molecule has 3 nitrogen and oxygen atoms in total. The van der Waals surface area contributed by atoms with Gasteiger partial charge in [0.15, 0.2) is 0 Å². The van der Waals surface area contributed by atoms with Crippen LogP contribution in [0.3, 0.4) is 0 Å². The van der Waals surface area contributed by atoms with Crippen LogP contribution in [-0.2, 0) is 4.79 Å². The SMILES string of the molecule is O=C1Nc2ccc(Cl)cc2C1NC1CCCCCC1. The van der Waals surface area contributed by atoms with Crippen LogP contribution in [0, 0.1) is 0 Å². The van der Waals surface area contributed by atoms with E-state index in [1.165, 1.54) is 38.5 Å². The number of fused-ring (bicyclic) bond motifs is 1. The molecule has 1 heterocycles. The average molecular weight is 279 g/mol. The Bertz CT molecular complexity index is 481. The van der Waals surface area contributed by atoms with Crippen molar-refractivity contribution in [1.82, 2.24) is 5.32 Å². The number of hydrogen-bond donors (Lipinski definition) is 2. The molecule has 0 bridgehead atoms. The summed E-state index contributed by atoms with van der Waals surface area (Å²) >= 11 is 6.04. The lowest BCUT2D eigenvalue weighted by Crippen LogP contribution is -2.36. The molecule has 1 amide bonds. The number of carbonyl (C=O) groups is 1. The van der Waals surface area contributed by atoms with Gasteiger partial charge in [0.2, 0.25) is 5.91 Å². The van der Waals surface area contributed by atoms with E-state index >= 15 is 0 Å². The van der Waals surface area contributed by atoms with Crippen LogP contribution in [0.2, 0.25) is 5.02 Å². The Morgan fingerprint density at radius 3 is 2.63 bits per heavy atom. The van der Waals surface area contributed by atoms with Crippen LogP contribution in [0.4, 0.5) is 5.69 Å². The van der Waals surface area contributed by atoms with Crippen molar-refractivity contribution in [3.05, 3.63) is 28.8 Å². The van der Waals surface area contributed by atoms with Gasteiger partial charge in [0.1, 0.15) is 6.04 Å². The van der Waals surface area contributed by atoms with Gasteiger partial charge in [-0.2, -0.15) is 0 Å². The molecule has 102 valence electrons. The molecular formula is C15H19ClN2O. The minimum Gasteiger partial charge on any atom is -0.324 e. The van der Waals surface area contributed by atoms with Gasteiger partial charge in [-0.25, -0.2) is 0 Å². The molecule has 3 rings (SSSR count). The zero-order valence-corrected chi connectivity index (χ0v) is 11.7. The van der Waals surface area contributed by atoms with Crippen molar-refractivity contribution in [2.75, 3.05) is 5.32 Å². The van der Waals surface area contributed by atoms with Crippen molar-refractivity contribution in [3.8, 4) is 0 Å². The summed E-state index contributed by atoms with van der Waals surface area (Å²) < 4.78 is 0. The number of benzene rings is 1. The molecule has 0 saturated heterocycles. The fraction of sp³-hybridized carbons (Fsp3) is 0.533. The Morgan fingerprint density at radius 1 is 1.16 bits per heavy atom. The fourth-order valence-electron chi connectivity index (χ4n) is 3.08. The second kappa shape index (κ2) is 5.51. The topological polar surface area (TPSA) is 41.1 Å². The summed E-state index contributed by atoms with van der Waals surface area (Å²) in [6, 6.07) is 5.79. The third-order valence-electron chi connectivity index (χ3n) is 4.10. The molecule has 0 radical (unpaired) electrons. The molecule has 1 saturated carbocycles. The standard InChI is InChI=1S/C15H19ClN2O/c16-10-7-8-13-12(9-10)14(15(19)18-13)17-11-5-3-1-2-4-6-11/h7-9,11,14,17H,1-6H2,(H,18,19). The van der Waals surface area contributed by atoms with Gasteiger partial charge in [-0.05, 0) is 31.0 Å². The van der Waals surface area contributed by atoms with Crippen molar-refractivity contribution in [3.63, 3.8) is 0 Å². The first-order chi connectivity index (χ1) is 9.24. The van der Waals surface area contributed by atoms with E-state index < -0.39 is 0 Å². The molecule has 1 aliphatic heterocycles. The molecule has 0 spiro atoms. The number of nitrogens with one attached hydrogen (secondary N) is 2. The van der Waals surface area contributed by atoms with Gasteiger partial charge in [-0.1, -0.05) is 37.3 Å². The molecule has 4 heteroatoms. The van der Waals surface area contributed by atoms with E-state index in [0.717, 1.165) is 11.3 Å². The normalized spacial score (nSPS) is 23.8. The van der Waals surface area contributed by atoms with Gasteiger partial charge < -0.3 is 5.32 Å². The summed E-state index contributed by atoms with van der Waals surface area (Å²) in [5, 5.41) is 7.12. The smallest absolute Gasteiger partial charge is 0.246 e. The Balaban J connectivity index is 1.77. The van der Waals surface area contributed by atoms with E-state index in [-0.39, 0.29) is 11.9 Å². The number of halogens is 1. The molecule has 19 heavy (non-hydrogen) atoms. The van der Waals surface area contributed by atoms with E-state index in [2.05, 4.69) is 10.6 Å². The van der Waals surface area contributed by atoms with E-state index in [1.807, 2.05) is 18.2 Å². The first-order valence-corrected chi connectivity index (χ1v) is 7.48. The predicted molar refractivity (Wildman–Crippen MR) is 77.4 cm³/mol. The molecular weight excluding hydrogens is 260 g/mol. The predicted octanol–water partition coefficient (Wildman–Crippen LogP) is 3.65. The Labute approximate surface area is 118 Å². The second-order valence-electron chi connectivity index (χ2n) is 5.51. The Kier molecular flexibility index (Phi) is 3.76. The van der Waals surface area contributed by atoms with E-state index in [4.69, 9.17) is 11.6 Å². The molecule has 0 aromatic heterocycles. The van der Waals surface area contributed by atoms with Crippen molar-refractivity contribution >= 4 is 23.2 Å². The second-order valence-corrected chi connectivity index (χ2v) is 5.95. The van der Waals surface area contributed by atoms with Gasteiger partial charge in [0.25, 0.3) is 0 Å². The zero-order valence-electron chi connectivity index (χ0n) is 10.9.